The second-order valence-electron chi connectivity index (χ2n) is 3.20. The van der Waals surface area contributed by atoms with Gasteiger partial charge in [0.1, 0.15) is 0 Å². The zero-order valence-electron chi connectivity index (χ0n) is 8.67. The molecule has 0 aliphatic heterocycles. The Morgan fingerprint density at radius 1 is 1.38 bits per heavy atom. The van der Waals surface area contributed by atoms with Crippen molar-refractivity contribution >= 4 is 5.69 Å². The summed E-state index contributed by atoms with van der Waals surface area (Å²) in [6.45, 7) is 4.42. The minimum atomic E-state index is 0.587. The largest absolute Gasteiger partial charge is 0.387 e. The summed E-state index contributed by atoms with van der Waals surface area (Å²) >= 11 is 0. The van der Waals surface area contributed by atoms with Gasteiger partial charge in [-0.2, -0.15) is 0 Å². The quantitative estimate of drug-likeness (QED) is 0.766. The van der Waals surface area contributed by atoms with Gasteiger partial charge >= 0.3 is 0 Å². The molecule has 72 valence electrons. The van der Waals surface area contributed by atoms with Crippen molar-refractivity contribution in [3.8, 4) is 0 Å². The predicted octanol–water partition coefficient (Wildman–Crippen LogP) is 3.03. The third kappa shape index (κ3) is 2.20. The van der Waals surface area contributed by atoms with Gasteiger partial charge in [-0.25, -0.2) is 0 Å². The average molecular weight is 178 g/mol. The maximum atomic E-state index is 4.43. The van der Waals surface area contributed by atoms with Crippen molar-refractivity contribution in [2.75, 3.05) is 12.4 Å². The first-order valence-corrected chi connectivity index (χ1v) is 4.96. The molecule has 0 bridgehead atoms. The Labute approximate surface area is 80.4 Å². The molecule has 0 saturated carbocycles. The lowest BCUT2D eigenvalue weighted by atomic mass is 9.97. The van der Waals surface area contributed by atoms with Crippen molar-refractivity contribution in [2.45, 2.75) is 32.6 Å². The van der Waals surface area contributed by atoms with Gasteiger partial charge in [0.15, 0.2) is 0 Å². The lowest BCUT2D eigenvalue weighted by Crippen LogP contribution is -2.03. The highest BCUT2D eigenvalue weighted by molar-refractivity contribution is 5.48. The fraction of sp³-hybridized carbons (Fsp3) is 0.545. The van der Waals surface area contributed by atoms with Crippen molar-refractivity contribution in [1.29, 1.82) is 0 Å². The molecule has 0 atom stereocenters. The van der Waals surface area contributed by atoms with Crippen LogP contribution in [0.25, 0.3) is 0 Å². The second kappa shape index (κ2) is 4.85. The van der Waals surface area contributed by atoms with Crippen LogP contribution in [0.1, 0.15) is 38.3 Å². The van der Waals surface area contributed by atoms with Gasteiger partial charge in [-0.1, -0.05) is 13.8 Å². The Kier molecular flexibility index (Phi) is 3.74. The first-order chi connectivity index (χ1) is 6.33. The molecule has 2 nitrogen and oxygen atoms in total. The summed E-state index contributed by atoms with van der Waals surface area (Å²) in [6.07, 6.45) is 4.18. The number of nitrogens with one attached hydrogen (secondary N) is 1. The molecule has 0 aliphatic carbocycles. The van der Waals surface area contributed by atoms with Gasteiger partial charge in [0.25, 0.3) is 0 Å². The molecule has 0 fully saturated rings. The van der Waals surface area contributed by atoms with Crippen LogP contribution < -0.4 is 5.32 Å². The maximum Gasteiger partial charge on any atom is 0.0665 e. The van der Waals surface area contributed by atoms with Crippen LogP contribution in [-0.2, 0) is 0 Å². The smallest absolute Gasteiger partial charge is 0.0665 e. The number of aromatic nitrogens is 1. The normalized spacial score (nSPS) is 10.5. The Morgan fingerprint density at radius 2 is 2.08 bits per heavy atom. The van der Waals surface area contributed by atoms with Gasteiger partial charge in [0.2, 0.25) is 0 Å². The third-order valence-corrected chi connectivity index (χ3v) is 2.48. The van der Waals surface area contributed by atoms with Crippen LogP contribution >= 0.6 is 0 Å². The minimum absolute atomic E-state index is 0.587. The fourth-order valence-corrected chi connectivity index (χ4v) is 1.63. The van der Waals surface area contributed by atoms with Crippen LogP contribution in [0.2, 0.25) is 0 Å². The highest BCUT2D eigenvalue weighted by Crippen LogP contribution is 2.26. The molecular formula is C11H18N2. The number of anilines is 1. The summed E-state index contributed by atoms with van der Waals surface area (Å²) in [7, 11) is 1.95. The molecule has 1 aromatic rings. The molecule has 0 amide bonds. The molecule has 0 saturated heterocycles. The summed E-state index contributed by atoms with van der Waals surface area (Å²) in [5, 5.41) is 3.18. The standard InChI is InChI=1S/C11H18N2/c1-4-9(5-2)11-10(12-3)7-6-8-13-11/h6-9,12H,4-5H2,1-3H3. The third-order valence-electron chi connectivity index (χ3n) is 2.48. The zero-order valence-corrected chi connectivity index (χ0v) is 8.67. The number of hydrogen-bond acceptors (Lipinski definition) is 2. The van der Waals surface area contributed by atoms with Crippen LogP contribution in [0, 0.1) is 0 Å². The van der Waals surface area contributed by atoms with E-state index in [9.17, 15) is 0 Å². The van der Waals surface area contributed by atoms with Crippen LogP contribution in [0.15, 0.2) is 18.3 Å². The highest BCUT2D eigenvalue weighted by Gasteiger charge is 2.11. The zero-order chi connectivity index (χ0) is 9.68. The Bertz CT molecular complexity index is 254. The van der Waals surface area contributed by atoms with Crippen molar-refractivity contribution < 1.29 is 0 Å². The van der Waals surface area contributed by atoms with Gasteiger partial charge in [0.05, 0.1) is 11.4 Å². The first kappa shape index (κ1) is 10.0. The molecule has 1 aromatic heterocycles. The van der Waals surface area contributed by atoms with Crippen LogP contribution in [-0.4, -0.2) is 12.0 Å². The topological polar surface area (TPSA) is 24.9 Å². The van der Waals surface area contributed by atoms with Crippen molar-refractivity contribution in [2.24, 2.45) is 0 Å². The molecule has 1 heterocycles. The summed E-state index contributed by atoms with van der Waals surface area (Å²) < 4.78 is 0. The minimum Gasteiger partial charge on any atom is -0.387 e. The molecule has 2 heteroatoms. The summed E-state index contributed by atoms with van der Waals surface area (Å²) in [5.41, 5.74) is 2.37. The van der Waals surface area contributed by atoms with Gasteiger partial charge in [-0.15, -0.1) is 0 Å². The van der Waals surface area contributed by atoms with E-state index < -0.39 is 0 Å². The lowest BCUT2D eigenvalue weighted by molar-refractivity contribution is 0.625. The van der Waals surface area contributed by atoms with E-state index in [4.69, 9.17) is 0 Å². The molecule has 0 spiro atoms. The summed E-state index contributed by atoms with van der Waals surface area (Å²) in [4.78, 5) is 4.43. The van der Waals surface area contributed by atoms with Crippen molar-refractivity contribution in [3.05, 3.63) is 24.0 Å². The van der Waals surface area contributed by atoms with Gasteiger partial charge in [-0.05, 0) is 25.0 Å². The average Bonchev–Trinajstić information content (AvgIpc) is 2.20. The number of hydrogen-bond donors (Lipinski definition) is 1. The van der Waals surface area contributed by atoms with Crippen LogP contribution in [0.4, 0.5) is 5.69 Å². The molecule has 13 heavy (non-hydrogen) atoms. The predicted molar refractivity (Wildman–Crippen MR) is 57.1 cm³/mol. The van der Waals surface area contributed by atoms with E-state index in [2.05, 4.69) is 30.2 Å². The summed E-state index contributed by atoms with van der Waals surface area (Å²) in [5.74, 6) is 0.587. The SMILES string of the molecule is CCC(CC)c1ncccc1NC. The van der Waals surface area contributed by atoms with E-state index in [-0.39, 0.29) is 0 Å². The van der Waals surface area contributed by atoms with Gasteiger partial charge < -0.3 is 5.32 Å². The molecule has 1 N–H and O–H groups in total. The second-order valence-corrected chi connectivity index (χ2v) is 3.20. The van der Waals surface area contributed by atoms with Crippen molar-refractivity contribution in [1.82, 2.24) is 4.98 Å². The maximum absolute atomic E-state index is 4.43. The molecule has 0 aromatic carbocycles. The molecule has 0 aliphatic rings. The van der Waals surface area contributed by atoms with E-state index in [0.717, 1.165) is 18.5 Å². The molecular weight excluding hydrogens is 160 g/mol. The Morgan fingerprint density at radius 3 is 2.62 bits per heavy atom. The molecule has 0 radical (unpaired) electrons. The lowest BCUT2D eigenvalue weighted by Gasteiger charge is -2.15. The number of rotatable bonds is 4. The van der Waals surface area contributed by atoms with Crippen molar-refractivity contribution in [3.63, 3.8) is 0 Å². The molecule has 0 unspecified atom stereocenters. The fourth-order valence-electron chi connectivity index (χ4n) is 1.63. The highest BCUT2D eigenvalue weighted by atomic mass is 14.9. The van der Waals surface area contributed by atoms with E-state index >= 15 is 0 Å². The molecule has 1 rings (SSSR count). The monoisotopic (exact) mass is 178 g/mol. The van der Waals surface area contributed by atoms with E-state index in [0.29, 0.717) is 5.92 Å². The van der Waals surface area contributed by atoms with Gasteiger partial charge in [0, 0.05) is 19.2 Å². The van der Waals surface area contributed by atoms with Crippen LogP contribution in [0.3, 0.4) is 0 Å². The van der Waals surface area contributed by atoms with E-state index in [1.807, 2.05) is 19.3 Å². The van der Waals surface area contributed by atoms with Crippen LogP contribution in [0.5, 0.6) is 0 Å². The number of pyridine rings is 1. The Balaban J connectivity index is 2.96. The van der Waals surface area contributed by atoms with E-state index in [1.165, 1.54) is 5.69 Å². The first-order valence-electron chi connectivity index (χ1n) is 4.96. The summed E-state index contributed by atoms with van der Waals surface area (Å²) in [6, 6.07) is 4.05. The number of nitrogens with zero attached hydrogens (tertiary/aromatic N) is 1. The Hall–Kier alpha value is -1.05. The van der Waals surface area contributed by atoms with Gasteiger partial charge in [-0.3, -0.25) is 4.98 Å². The van der Waals surface area contributed by atoms with E-state index in [1.54, 1.807) is 0 Å².